The summed E-state index contributed by atoms with van der Waals surface area (Å²) in [6, 6.07) is 10.5. The van der Waals surface area contributed by atoms with Crippen LogP contribution in [0.15, 0.2) is 78.1 Å². The number of cyclic esters (lactones) is 2. The Hall–Kier alpha value is -3.80. The number of hydrogen-bond donors (Lipinski definition) is 2. The van der Waals surface area contributed by atoms with E-state index in [0.717, 1.165) is 16.1 Å². The molecule has 0 unspecified atom stereocenters. The number of carbonyl (C=O) groups excluding carboxylic acids is 2. The summed E-state index contributed by atoms with van der Waals surface area (Å²) in [6.07, 6.45) is 5.75. The lowest BCUT2D eigenvalue weighted by Gasteiger charge is -2.27. The molecule has 4 rings (SSSR count). The minimum atomic E-state index is -4.09. The smallest absolute Gasteiger partial charge is 0.391 e. The summed E-state index contributed by atoms with van der Waals surface area (Å²) in [6.45, 7) is 0.350. The van der Waals surface area contributed by atoms with Gasteiger partial charge in [0.15, 0.2) is 0 Å². The largest absolute Gasteiger partial charge is 0.404 e. The van der Waals surface area contributed by atoms with Gasteiger partial charge in [0.25, 0.3) is 10.0 Å². The molecular weight excluding hydrogens is 450 g/mol. The highest BCUT2D eigenvalue weighted by Crippen LogP contribution is 2.37. The van der Waals surface area contributed by atoms with Crippen molar-refractivity contribution >= 4 is 22.0 Å². The Morgan fingerprint density at radius 1 is 1.09 bits per heavy atom. The van der Waals surface area contributed by atoms with E-state index in [0.29, 0.717) is 12.1 Å². The first-order chi connectivity index (χ1) is 15.7. The van der Waals surface area contributed by atoms with Gasteiger partial charge in [-0.25, -0.2) is 22.0 Å². The Kier molecular flexibility index (Phi) is 5.85. The number of pyridine rings is 1. The zero-order chi connectivity index (χ0) is 23.6. The Balaban J connectivity index is 1.93. The Labute approximate surface area is 189 Å². The standard InChI is InChI=1S/C22H19N3O7S/c1-23-12-15-11-19(25(14-15)33(29,30)16-5-4-10-24-13-16)17-6-2-3-7-18(17)22(28)31-20(26)8-9-21(27)32-22/h2-11,13-14,23,28H,12H2,1H3. The van der Waals surface area contributed by atoms with E-state index in [2.05, 4.69) is 10.3 Å². The van der Waals surface area contributed by atoms with Crippen LogP contribution in [0, 0.1) is 0 Å². The number of esters is 2. The lowest BCUT2D eigenvalue weighted by Crippen LogP contribution is -2.36. The van der Waals surface area contributed by atoms with Crippen LogP contribution in [0.3, 0.4) is 0 Å². The van der Waals surface area contributed by atoms with Gasteiger partial charge in [0.05, 0.1) is 11.3 Å². The van der Waals surface area contributed by atoms with Crippen molar-refractivity contribution < 1.29 is 32.6 Å². The maximum atomic E-state index is 13.4. The molecule has 33 heavy (non-hydrogen) atoms. The minimum Gasteiger partial charge on any atom is -0.391 e. The van der Waals surface area contributed by atoms with E-state index in [1.54, 1.807) is 19.2 Å². The van der Waals surface area contributed by atoms with Gasteiger partial charge in [-0.15, -0.1) is 0 Å². The van der Waals surface area contributed by atoms with Crippen LogP contribution >= 0.6 is 0 Å². The molecule has 1 aromatic carbocycles. The number of ether oxygens (including phenoxy) is 2. The van der Waals surface area contributed by atoms with Crippen LogP contribution in [-0.4, -0.2) is 41.5 Å². The third-order valence-corrected chi connectivity index (χ3v) is 6.45. The molecule has 0 spiro atoms. The summed E-state index contributed by atoms with van der Waals surface area (Å²) in [5.74, 6) is -4.79. The molecule has 0 aliphatic carbocycles. The molecule has 1 aliphatic heterocycles. The summed E-state index contributed by atoms with van der Waals surface area (Å²) >= 11 is 0. The van der Waals surface area contributed by atoms with Gasteiger partial charge in [-0.3, -0.25) is 4.98 Å². The summed E-state index contributed by atoms with van der Waals surface area (Å²) in [5.41, 5.74) is 0.806. The Bertz CT molecular complexity index is 1330. The normalized spacial score (nSPS) is 15.6. The molecule has 3 heterocycles. The highest BCUT2D eigenvalue weighted by molar-refractivity contribution is 7.90. The third kappa shape index (κ3) is 4.29. The third-order valence-electron chi connectivity index (χ3n) is 4.79. The maximum absolute atomic E-state index is 13.4. The van der Waals surface area contributed by atoms with E-state index in [1.165, 1.54) is 48.9 Å². The number of nitrogens with one attached hydrogen (secondary N) is 1. The monoisotopic (exact) mass is 469 g/mol. The van der Waals surface area contributed by atoms with Crippen molar-refractivity contribution in [2.75, 3.05) is 7.05 Å². The molecule has 0 saturated heterocycles. The van der Waals surface area contributed by atoms with Crippen LogP contribution in [-0.2, 0) is 41.6 Å². The lowest BCUT2D eigenvalue weighted by atomic mass is 10.0. The quantitative estimate of drug-likeness (QED) is 0.511. The van der Waals surface area contributed by atoms with Crippen molar-refractivity contribution in [3.05, 3.63) is 84.3 Å². The average Bonchev–Trinajstić information content (AvgIpc) is 3.17. The highest BCUT2D eigenvalue weighted by Gasteiger charge is 2.42. The molecule has 170 valence electrons. The van der Waals surface area contributed by atoms with Crippen LogP contribution in [0.2, 0.25) is 0 Å². The van der Waals surface area contributed by atoms with Gasteiger partial charge in [0.1, 0.15) is 4.90 Å². The van der Waals surface area contributed by atoms with Gasteiger partial charge in [-0.05, 0) is 36.9 Å². The average molecular weight is 469 g/mol. The molecular formula is C22H19N3O7S. The molecule has 11 heteroatoms. The number of rotatable bonds is 6. The molecule has 0 radical (unpaired) electrons. The summed E-state index contributed by atoms with van der Waals surface area (Å²) in [5, 5.41) is 14.0. The number of hydrogen-bond acceptors (Lipinski definition) is 9. The maximum Gasteiger partial charge on any atom is 0.404 e. The second-order valence-corrected chi connectivity index (χ2v) is 8.87. The molecule has 2 aromatic heterocycles. The minimum absolute atomic E-state index is 0.0504. The van der Waals surface area contributed by atoms with Crippen molar-refractivity contribution in [2.45, 2.75) is 17.4 Å². The van der Waals surface area contributed by atoms with Crippen LogP contribution in [0.4, 0.5) is 0 Å². The van der Waals surface area contributed by atoms with E-state index >= 15 is 0 Å². The molecule has 0 amide bonds. The van der Waals surface area contributed by atoms with E-state index in [1.807, 2.05) is 0 Å². The molecule has 1 aliphatic rings. The zero-order valence-corrected chi connectivity index (χ0v) is 18.2. The summed E-state index contributed by atoms with van der Waals surface area (Å²) in [7, 11) is -2.39. The van der Waals surface area contributed by atoms with Crippen molar-refractivity contribution in [2.24, 2.45) is 0 Å². The summed E-state index contributed by atoms with van der Waals surface area (Å²) in [4.78, 5) is 27.7. The van der Waals surface area contributed by atoms with Gasteiger partial charge >= 0.3 is 17.9 Å². The zero-order valence-electron chi connectivity index (χ0n) is 17.3. The van der Waals surface area contributed by atoms with Gasteiger partial charge in [0.2, 0.25) is 0 Å². The van der Waals surface area contributed by atoms with E-state index in [9.17, 15) is 23.1 Å². The van der Waals surface area contributed by atoms with Crippen LogP contribution < -0.4 is 5.32 Å². The first kappa shape index (κ1) is 22.4. The molecule has 0 atom stereocenters. The predicted octanol–water partition coefficient (Wildman–Crippen LogP) is 1.27. The number of benzene rings is 1. The second kappa shape index (κ2) is 8.62. The first-order valence-corrected chi connectivity index (χ1v) is 11.2. The number of nitrogens with zero attached hydrogens (tertiary/aromatic N) is 2. The molecule has 0 fully saturated rings. The van der Waals surface area contributed by atoms with Crippen LogP contribution in [0.25, 0.3) is 11.3 Å². The van der Waals surface area contributed by atoms with Gasteiger partial charge in [0, 0.05) is 42.9 Å². The van der Waals surface area contributed by atoms with Crippen LogP contribution in [0.1, 0.15) is 11.1 Å². The fraction of sp³-hybridized carbons (Fsp3) is 0.136. The molecule has 0 bridgehead atoms. The van der Waals surface area contributed by atoms with Gasteiger partial charge in [-0.2, -0.15) is 0 Å². The number of carbonyl (C=O) groups is 2. The molecule has 2 N–H and O–H groups in total. The van der Waals surface area contributed by atoms with Gasteiger partial charge in [-0.1, -0.05) is 18.2 Å². The van der Waals surface area contributed by atoms with Gasteiger partial charge < -0.3 is 19.9 Å². The SMILES string of the molecule is CNCc1cc(-c2ccccc2C2(O)OC(=O)C=CC(=O)O2)n(S(=O)(=O)c2cccnc2)c1. The molecule has 3 aromatic rings. The number of aliphatic hydroxyl groups is 1. The molecule has 0 saturated carbocycles. The highest BCUT2D eigenvalue weighted by atomic mass is 32.2. The molecule has 10 nitrogen and oxygen atoms in total. The predicted molar refractivity (Wildman–Crippen MR) is 115 cm³/mol. The fourth-order valence-corrected chi connectivity index (χ4v) is 4.75. The van der Waals surface area contributed by atoms with E-state index in [-0.39, 0.29) is 21.7 Å². The Morgan fingerprint density at radius 3 is 2.42 bits per heavy atom. The summed E-state index contributed by atoms with van der Waals surface area (Å²) < 4.78 is 37.9. The van der Waals surface area contributed by atoms with E-state index in [4.69, 9.17) is 9.47 Å². The van der Waals surface area contributed by atoms with Crippen molar-refractivity contribution in [3.63, 3.8) is 0 Å². The fourth-order valence-electron chi connectivity index (χ4n) is 3.40. The number of aromatic nitrogens is 2. The lowest BCUT2D eigenvalue weighted by molar-refractivity contribution is -0.329. The van der Waals surface area contributed by atoms with Crippen molar-refractivity contribution in [1.82, 2.24) is 14.3 Å². The van der Waals surface area contributed by atoms with E-state index < -0.39 is 27.9 Å². The van der Waals surface area contributed by atoms with Crippen molar-refractivity contribution in [3.8, 4) is 11.3 Å². The van der Waals surface area contributed by atoms with Crippen molar-refractivity contribution in [1.29, 1.82) is 0 Å². The second-order valence-electron chi connectivity index (χ2n) is 7.06. The first-order valence-electron chi connectivity index (χ1n) is 9.72. The Morgan fingerprint density at radius 2 is 1.79 bits per heavy atom. The van der Waals surface area contributed by atoms with Crippen LogP contribution in [0.5, 0.6) is 0 Å². The topological polar surface area (TPSA) is 137 Å².